The number of amides is 1. The van der Waals surface area contributed by atoms with Crippen LogP contribution < -0.4 is 10.1 Å². The van der Waals surface area contributed by atoms with Crippen molar-refractivity contribution in [2.75, 3.05) is 18.5 Å². The third-order valence-corrected chi connectivity index (χ3v) is 3.18. The van der Waals surface area contributed by atoms with Crippen LogP contribution in [0.15, 0.2) is 18.2 Å². The zero-order valence-electron chi connectivity index (χ0n) is 10.9. The molecule has 1 aromatic heterocycles. The number of nitrogens with one attached hydrogen (secondary N) is 1. The quantitative estimate of drug-likeness (QED) is 0.930. The summed E-state index contributed by atoms with van der Waals surface area (Å²) in [4.78, 5) is 15.3. The Morgan fingerprint density at radius 3 is 2.86 bits per heavy atom. The van der Waals surface area contributed by atoms with Crippen LogP contribution in [0.25, 0.3) is 10.2 Å². The van der Waals surface area contributed by atoms with Crippen LogP contribution in [-0.4, -0.2) is 30.5 Å². The van der Waals surface area contributed by atoms with Crippen molar-refractivity contribution < 1.29 is 27.4 Å². The average Bonchev–Trinajstić information content (AvgIpc) is 2.77. The predicted molar refractivity (Wildman–Crippen MR) is 71.8 cm³/mol. The number of nitrogens with zero attached hydrogens (tertiary/aromatic N) is 1. The molecule has 0 saturated heterocycles. The first kappa shape index (κ1) is 15.4. The zero-order chi connectivity index (χ0) is 15.5. The van der Waals surface area contributed by atoms with Gasteiger partial charge in [0.2, 0.25) is 0 Å². The van der Waals surface area contributed by atoms with Gasteiger partial charge >= 0.3 is 12.3 Å². The fourth-order valence-electron chi connectivity index (χ4n) is 1.49. The highest BCUT2D eigenvalue weighted by atomic mass is 32.1. The SMILES string of the molecule is CCOc1ccc2nc(NC(=O)OCC(F)(F)F)sc2c1. The number of rotatable bonds is 4. The molecule has 1 amide bonds. The second-order valence-electron chi connectivity index (χ2n) is 3.90. The van der Waals surface area contributed by atoms with Crippen LogP contribution in [0, 0.1) is 0 Å². The number of fused-ring (bicyclic) bond motifs is 1. The van der Waals surface area contributed by atoms with E-state index in [4.69, 9.17) is 4.74 Å². The molecule has 9 heteroatoms. The van der Waals surface area contributed by atoms with E-state index in [0.29, 0.717) is 17.9 Å². The number of benzene rings is 1. The molecular formula is C12H11F3N2O3S. The maximum Gasteiger partial charge on any atom is 0.422 e. The smallest absolute Gasteiger partial charge is 0.422 e. The Hall–Kier alpha value is -2.03. The molecule has 0 unspecified atom stereocenters. The molecule has 0 atom stereocenters. The van der Waals surface area contributed by atoms with E-state index < -0.39 is 18.9 Å². The fraction of sp³-hybridized carbons (Fsp3) is 0.333. The number of hydrogen-bond donors (Lipinski definition) is 1. The van der Waals surface area contributed by atoms with Crippen LogP contribution in [0.4, 0.5) is 23.1 Å². The summed E-state index contributed by atoms with van der Waals surface area (Å²) in [6, 6.07) is 5.16. The van der Waals surface area contributed by atoms with Crippen LogP contribution in [0.5, 0.6) is 5.75 Å². The molecule has 0 radical (unpaired) electrons. The van der Waals surface area contributed by atoms with Gasteiger partial charge in [0.25, 0.3) is 0 Å². The minimum absolute atomic E-state index is 0.158. The predicted octanol–water partition coefficient (Wildman–Crippen LogP) is 3.81. The number of anilines is 1. The number of hydrogen-bond acceptors (Lipinski definition) is 5. The van der Waals surface area contributed by atoms with E-state index in [0.717, 1.165) is 16.0 Å². The number of alkyl halides is 3. The van der Waals surface area contributed by atoms with Gasteiger partial charge in [0.05, 0.1) is 16.8 Å². The van der Waals surface area contributed by atoms with E-state index in [-0.39, 0.29) is 5.13 Å². The molecule has 2 aromatic rings. The van der Waals surface area contributed by atoms with Crippen LogP contribution in [0.3, 0.4) is 0 Å². The minimum atomic E-state index is -4.56. The van der Waals surface area contributed by atoms with Crippen molar-refractivity contribution in [1.82, 2.24) is 4.98 Å². The van der Waals surface area contributed by atoms with Crippen molar-refractivity contribution in [3.8, 4) is 5.75 Å². The van der Waals surface area contributed by atoms with Crippen LogP contribution >= 0.6 is 11.3 Å². The Balaban J connectivity index is 2.03. The van der Waals surface area contributed by atoms with E-state index in [2.05, 4.69) is 15.0 Å². The second kappa shape index (κ2) is 6.17. The van der Waals surface area contributed by atoms with Crippen molar-refractivity contribution in [2.45, 2.75) is 13.1 Å². The lowest BCUT2D eigenvalue weighted by Crippen LogP contribution is -2.23. The number of thiazole rings is 1. The van der Waals surface area contributed by atoms with Crippen molar-refractivity contribution >= 4 is 32.8 Å². The largest absolute Gasteiger partial charge is 0.494 e. The van der Waals surface area contributed by atoms with Gasteiger partial charge in [0, 0.05) is 0 Å². The third-order valence-electron chi connectivity index (χ3n) is 2.25. The number of halogens is 3. The van der Waals surface area contributed by atoms with Crippen molar-refractivity contribution in [3.05, 3.63) is 18.2 Å². The molecule has 0 bridgehead atoms. The molecule has 0 aliphatic rings. The van der Waals surface area contributed by atoms with Crippen LogP contribution in [0.2, 0.25) is 0 Å². The summed E-state index contributed by atoms with van der Waals surface area (Å²) in [7, 11) is 0. The lowest BCUT2D eigenvalue weighted by Gasteiger charge is -2.07. The molecule has 114 valence electrons. The fourth-order valence-corrected chi connectivity index (χ4v) is 2.37. The highest BCUT2D eigenvalue weighted by molar-refractivity contribution is 7.22. The molecule has 5 nitrogen and oxygen atoms in total. The van der Waals surface area contributed by atoms with E-state index in [9.17, 15) is 18.0 Å². The Kier molecular flexibility index (Phi) is 4.51. The Morgan fingerprint density at radius 2 is 2.19 bits per heavy atom. The van der Waals surface area contributed by atoms with Gasteiger partial charge in [-0.3, -0.25) is 5.32 Å². The molecule has 0 aliphatic carbocycles. The minimum Gasteiger partial charge on any atom is -0.494 e. The van der Waals surface area contributed by atoms with Gasteiger partial charge < -0.3 is 9.47 Å². The summed E-state index contributed by atoms with van der Waals surface area (Å²) in [6.45, 7) is 0.720. The highest BCUT2D eigenvalue weighted by Crippen LogP contribution is 2.29. The molecule has 0 saturated carbocycles. The lowest BCUT2D eigenvalue weighted by atomic mass is 10.3. The third kappa shape index (κ3) is 4.48. The monoisotopic (exact) mass is 320 g/mol. The van der Waals surface area contributed by atoms with Crippen LogP contribution in [0.1, 0.15) is 6.92 Å². The number of carbonyl (C=O) groups is 1. The van der Waals surface area contributed by atoms with E-state index in [1.165, 1.54) is 0 Å². The molecule has 1 aromatic carbocycles. The van der Waals surface area contributed by atoms with Crippen molar-refractivity contribution in [2.24, 2.45) is 0 Å². The van der Waals surface area contributed by atoms with E-state index in [1.807, 2.05) is 6.92 Å². The van der Waals surface area contributed by atoms with Gasteiger partial charge in [-0.25, -0.2) is 9.78 Å². The Labute approximate surface area is 121 Å². The first-order chi connectivity index (χ1) is 9.87. The van der Waals surface area contributed by atoms with Gasteiger partial charge in [-0.2, -0.15) is 13.2 Å². The number of carbonyl (C=O) groups excluding carboxylic acids is 1. The number of aromatic nitrogens is 1. The zero-order valence-corrected chi connectivity index (χ0v) is 11.7. The van der Waals surface area contributed by atoms with Gasteiger partial charge in [0.15, 0.2) is 11.7 Å². The molecule has 0 aliphatic heterocycles. The molecule has 0 spiro atoms. The molecular weight excluding hydrogens is 309 g/mol. The summed E-state index contributed by atoms with van der Waals surface area (Å²) >= 11 is 1.11. The molecule has 0 fully saturated rings. The van der Waals surface area contributed by atoms with Crippen molar-refractivity contribution in [1.29, 1.82) is 0 Å². The number of ether oxygens (including phenoxy) is 2. The standard InChI is InChI=1S/C12H11F3N2O3S/c1-2-19-7-3-4-8-9(5-7)21-10(16-8)17-11(18)20-6-12(13,14)15/h3-5H,2,6H2,1H3,(H,16,17,18). The molecule has 1 heterocycles. The van der Waals surface area contributed by atoms with Gasteiger partial charge in [-0.15, -0.1) is 0 Å². The Bertz CT molecular complexity index is 642. The van der Waals surface area contributed by atoms with E-state index in [1.54, 1.807) is 18.2 Å². The highest BCUT2D eigenvalue weighted by Gasteiger charge is 2.29. The van der Waals surface area contributed by atoms with E-state index >= 15 is 0 Å². The summed E-state index contributed by atoms with van der Waals surface area (Å²) in [6.07, 6.45) is -5.76. The topological polar surface area (TPSA) is 60.5 Å². The normalized spacial score (nSPS) is 11.4. The average molecular weight is 320 g/mol. The molecule has 1 N–H and O–H groups in total. The maximum absolute atomic E-state index is 11.9. The first-order valence-corrected chi connectivity index (χ1v) is 6.73. The van der Waals surface area contributed by atoms with Gasteiger partial charge in [-0.05, 0) is 25.1 Å². The van der Waals surface area contributed by atoms with Crippen molar-refractivity contribution in [3.63, 3.8) is 0 Å². The first-order valence-electron chi connectivity index (χ1n) is 5.91. The van der Waals surface area contributed by atoms with Crippen LogP contribution in [-0.2, 0) is 4.74 Å². The maximum atomic E-state index is 11.9. The lowest BCUT2D eigenvalue weighted by molar-refractivity contribution is -0.159. The summed E-state index contributed by atoms with van der Waals surface area (Å²) in [5.41, 5.74) is 0.606. The molecule has 21 heavy (non-hydrogen) atoms. The summed E-state index contributed by atoms with van der Waals surface area (Å²) < 4.78 is 45.8. The molecule has 2 rings (SSSR count). The summed E-state index contributed by atoms with van der Waals surface area (Å²) in [5.74, 6) is 0.653. The Morgan fingerprint density at radius 1 is 1.43 bits per heavy atom. The van der Waals surface area contributed by atoms with Gasteiger partial charge in [0.1, 0.15) is 5.75 Å². The summed E-state index contributed by atoms with van der Waals surface area (Å²) in [5, 5.41) is 2.32. The van der Waals surface area contributed by atoms with Gasteiger partial charge in [-0.1, -0.05) is 11.3 Å². The second-order valence-corrected chi connectivity index (χ2v) is 4.93.